The van der Waals surface area contributed by atoms with Crippen LogP contribution in [0.15, 0.2) is 30.9 Å². The Bertz CT molecular complexity index is 1110. The molecule has 6 nitrogen and oxygen atoms in total. The average molecular weight is 362 g/mol. The first-order chi connectivity index (χ1) is 12.8. The van der Waals surface area contributed by atoms with E-state index in [0.29, 0.717) is 6.61 Å². The summed E-state index contributed by atoms with van der Waals surface area (Å²) >= 11 is 0. The number of fused-ring (bicyclic) bond motifs is 4. The Morgan fingerprint density at radius 3 is 2.85 bits per heavy atom. The smallest absolute Gasteiger partial charge is 0.167 e. The molecule has 2 aromatic heterocycles. The number of ketones is 1. The summed E-state index contributed by atoms with van der Waals surface area (Å²) in [6, 6.07) is 2.09. The average Bonchev–Trinajstić information content (AvgIpc) is 3.29. The molecule has 0 fully saturated rings. The highest BCUT2D eigenvalue weighted by Crippen LogP contribution is 2.50. The first kappa shape index (κ1) is 16.3. The van der Waals surface area contributed by atoms with E-state index in [1.165, 1.54) is 0 Å². The molecule has 27 heavy (non-hydrogen) atoms. The molecule has 0 aliphatic carbocycles. The standard InChI is InChI=1S/C21H22N4O2/c1-20(2)14-9-13(15-10-22-11-16-23-6-7-25(15)16)18-12(5-8-27-18)17(14)24-21(3,4)19(20)26/h6-7,9-11,24H,5,8H2,1-4H3. The minimum atomic E-state index is -0.611. The van der Waals surface area contributed by atoms with Crippen LogP contribution in [-0.4, -0.2) is 32.3 Å². The van der Waals surface area contributed by atoms with Gasteiger partial charge < -0.3 is 10.1 Å². The molecule has 3 aromatic rings. The lowest BCUT2D eigenvalue weighted by Gasteiger charge is -2.43. The van der Waals surface area contributed by atoms with Gasteiger partial charge in [-0.25, -0.2) is 4.98 Å². The molecule has 0 radical (unpaired) electrons. The van der Waals surface area contributed by atoms with Crippen LogP contribution in [0.5, 0.6) is 5.75 Å². The van der Waals surface area contributed by atoms with E-state index in [0.717, 1.165) is 45.9 Å². The molecule has 1 N–H and O–H groups in total. The van der Waals surface area contributed by atoms with Crippen LogP contribution in [0.3, 0.4) is 0 Å². The summed E-state index contributed by atoms with van der Waals surface area (Å²) in [5.41, 5.74) is 4.67. The molecule has 0 atom stereocenters. The number of benzene rings is 1. The maximum absolute atomic E-state index is 13.1. The van der Waals surface area contributed by atoms with Gasteiger partial charge in [0.1, 0.15) is 5.75 Å². The first-order valence-corrected chi connectivity index (χ1v) is 9.24. The number of anilines is 1. The summed E-state index contributed by atoms with van der Waals surface area (Å²) in [4.78, 5) is 21.8. The van der Waals surface area contributed by atoms with Crippen molar-refractivity contribution in [3.63, 3.8) is 0 Å². The van der Waals surface area contributed by atoms with Gasteiger partial charge >= 0.3 is 0 Å². The minimum absolute atomic E-state index is 0.186. The highest BCUT2D eigenvalue weighted by Gasteiger charge is 2.47. The zero-order valence-corrected chi connectivity index (χ0v) is 16.0. The van der Waals surface area contributed by atoms with Gasteiger partial charge in [0, 0.05) is 35.6 Å². The van der Waals surface area contributed by atoms with Gasteiger partial charge in [0.2, 0.25) is 0 Å². The van der Waals surface area contributed by atoms with Gasteiger partial charge in [0.05, 0.1) is 35.6 Å². The highest BCUT2D eigenvalue weighted by molar-refractivity contribution is 6.04. The molecule has 2 aliphatic rings. The molecule has 138 valence electrons. The predicted molar refractivity (Wildman–Crippen MR) is 103 cm³/mol. The Hall–Kier alpha value is -2.89. The Balaban J connectivity index is 1.84. The zero-order chi connectivity index (χ0) is 19.0. The highest BCUT2D eigenvalue weighted by atomic mass is 16.5. The molecule has 0 saturated heterocycles. The van der Waals surface area contributed by atoms with Crippen LogP contribution in [0.4, 0.5) is 5.69 Å². The summed E-state index contributed by atoms with van der Waals surface area (Å²) < 4.78 is 8.06. The van der Waals surface area contributed by atoms with Crippen LogP contribution < -0.4 is 10.1 Å². The van der Waals surface area contributed by atoms with E-state index in [4.69, 9.17) is 4.74 Å². The van der Waals surface area contributed by atoms with Crippen molar-refractivity contribution in [3.8, 4) is 17.0 Å². The molecular formula is C21H22N4O2. The number of imidazole rings is 1. The molecule has 5 rings (SSSR count). The quantitative estimate of drug-likeness (QED) is 0.719. The summed E-state index contributed by atoms with van der Waals surface area (Å²) in [5, 5.41) is 3.49. The number of nitrogens with zero attached hydrogens (tertiary/aromatic N) is 3. The lowest BCUT2D eigenvalue weighted by atomic mass is 9.68. The van der Waals surface area contributed by atoms with Crippen molar-refractivity contribution in [1.29, 1.82) is 0 Å². The second-order valence-electron chi connectivity index (χ2n) is 8.40. The Morgan fingerprint density at radius 2 is 2.04 bits per heavy atom. The third kappa shape index (κ3) is 2.10. The van der Waals surface area contributed by atoms with Crippen molar-refractivity contribution < 1.29 is 9.53 Å². The Morgan fingerprint density at radius 1 is 1.22 bits per heavy atom. The van der Waals surface area contributed by atoms with Gasteiger partial charge in [-0.2, -0.15) is 0 Å². The van der Waals surface area contributed by atoms with E-state index in [1.54, 1.807) is 12.4 Å². The molecule has 4 heterocycles. The number of carbonyl (C=O) groups is 1. The summed E-state index contributed by atoms with van der Waals surface area (Å²) in [6.45, 7) is 8.57. The second kappa shape index (κ2) is 5.09. The molecule has 0 saturated carbocycles. The van der Waals surface area contributed by atoms with Gasteiger partial charge in [-0.3, -0.25) is 14.2 Å². The molecule has 6 heteroatoms. The van der Waals surface area contributed by atoms with E-state index in [2.05, 4.69) is 21.4 Å². The third-order valence-corrected chi connectivity index (χ3v) is 5.81. The summed E-state index contributed by atoms with van der Waals surface area (Å²) in [5.74, 6) is 1.07. The number of hydrogen-bond acceptors (Lipinski definition) is 5. The fourth-order valence-corrected chi connectivity index (χ4v) is 4.53. The number of nitrogens with one attached hydrogen (secondary N) is 1. The van der Waals surface area contributed by atoms with Gasteiger partial charge in [-0.1, -0.05) is 0 Å². The van der Waals surface area contributed by atoms with Crippen molar-refractivity contribution in [1.82, 2.24) is 14.4 Å². The lowest BCUT2D eigenvalue weighted by Crippen LogP contribution is -2.53. The maximum Gasteiger partial charge on any atom is 0.167 e. The number of aromatic nitrogens is 3. The van der Waals surface area contributed by atoms with Crippen molar-refractivity contribution in [2.45, 2.75) is 45.1 Å². The van der Waals surface area contributed by atoms with E-state index in [-0.39, 0.29) is 5.78 Å². The Labute approximate surface area is 157 Å². The number of ether oxygens (including phenoxy) is 1. The Kier molecular flexibility index (Phi) is 3.07. The van der Waals surface area contributed by atoms with Crippen LogP contribution in [-0.2, 0) is 16.6 Å². The van der Waals surface area contributed by atoms with E-state index >= 15 is 0 Å². The topological polar surface area (TPSA) is 68.5 Å². The van der Waals surface area contributed by atoms with Crippen LogP contribution in [0.1, 0.15) is 38.8 Å². The lowest BCUT2D eigenvalue weighted by molar-refractivity contribution is -0.127. The zero-order valence-electron chi connectivity index (χ0n) is 16.0. The number of carbonyl (C=O) groups excluding carboxylic acids is 1. The van der Waals surface area contributed by atoms with Gasteiger partial charge in [-0.05, 0) is 39.3 Å². The molecule has 2 aliphatic heterocycles. The normalized spacial score (nSPS) is 19.3. The van der Waals surface area contributed by atoms with Gasteiger partial charge in [-0.15, -0.1) is 0 Å². The van der Waals surface area contributed by atoms with Crippen molar-refractivity contribution in [2.24, 2.45) is 0 Å². The number of hydrogen-bond donors (Lipinski definition) is 1. The third-order valence-electron chi connectivity index (χ3n) is 5.81. The van der Waals surface area contributed by atoms with E-state index in [9.17, 15) is 4.79 Å². The fraction of sp³-hybridized carbons (Fsp3) is 0.381. The summed E-state index contributed by atoms with van der Waals surface area (Å²) in [6.07, 6.45) is 8.07. The van der Waals surface area contributed by atoms with Crippen LogP contribution in [0, 0.1) is 0 Å². The molecule has 0 bridgehead atoms. The summed E-state index contributed by atoms with van der Waals surface area (Å²) in [7, 11) is 0. The molecule has 0 spiro atoms. The van der Waals surface area contributed by atoms with Gasteiger partial charge in [0.15, 0.2) is 11.4 Å². The number of rotatable bonds is 1. The molecule has 0 amide bonds. The van der Waals surface area contributed by atoms with Crippen LogP contribution in [0.2, 0.25) is 0 Å². The van der Waals surface area contributed by atoms with E-state index in [1.807, 2.05) is 44.5 Å². The molecular weight excluding hydrogens is 340 g/mol. The molecule has 1 aromatic carbocycles. The fourth-order valence-electron chi connectivity index (χ4n) is 4.53. The SMILES string of the molecule is CC1(C)Nc2c(cc(-c3cncc4nccn34)c3c2CCO3)C(C)(C)C1=O. The first-order valence-electron chi connectivity index (χ1n) is 9.24. The van der Waals surface area contributed by atoms with Crippen LogP contribution in [0.25, 0.3) is 16.9 Å². The van der Waals surface area contributed by atoms with Crippen molar-refractivity contribution in [3.05, 3.63) is 42.0 Å². The van der Waals surface area contributed by atoms with Gasteiger partial charge in [0.25, 0.3) is 0 Å². The largest absolute Gasteiger partial charge is 0.492 e. The predicted octanol–water partition coefficient (Wildman–Crippen LogP) is 3.38. The van der Waals surface area contributed by atoms with Crippen molar-refractivity contribution in [2.75, 3.05) is 11.9 Å². The monoisotopic (exact) mass is 362 g/mol. The maximum atomic E-state index is 13.1. The second-order valence-corrected chi connectivity index (χ2v) is 8.40. The van der Waals surface area contributed by atoms with Crippen LogP contribution >= 0.6 is 0 Å². The van der Waals surface area contributed by atoms with E-state index < -0.39 is 11.0 Å². The minimum Gasteiger partial charge on any atom is -0.492 e. The number of Topliss-reactive ketones (excluding diaryl/α,β-unsaturated/α-hetero) is 1. The van der Waals surface area contributed by atoms with Crippen molar-refractivity contribution >= 4 is 17.1 Å². The molecule has 0 unspecified atom stereocenters.